The minimum atomic E-state index is 0.912. The Bertz CT molecular complexity index is 136. The summed E-state index contributed by atoms with van der Waals surface area (Å²) in [5.74, 6) is 1.95. The van der Waals surface area contributed by atoms with Gasteiger partial charge in [-0.1, -0.05) is 12.5 Å². The molecule has 1 N–H and O–H groups in total. The van der Waals surface area contributed by atoms with Gasteiger partial charge in [-0.25, -0.2) is 0 Å². The summed E-state index contributed by atoms with van der Waals surface area (Å²) >= 11 is 0. The van der Waals surface area contributed by atoms with Gasteiger partial charge < -0.3 is 5.32 Å². The molecule has 2 rings (SSSR count). The fraction of sp³-hybridized carbons (Fsp3) is 0.778. The molecule has 0 aromatic rings. The monoisotopic (exact) mass is 137 g/mol. The molecule has 1 saturated carbocycles. The van der Waals surface area contributed by atoms with Crippen LogP contribution in [0.25, 0.3) is 0 Å². The van der Waals surface area contributed by atoms with Crippen LogP contribution >= 0.6 is 0 Å². The van der Waals surface area contributed by atoms with Crippen molar-refractivity contribution in [2.24, 2.45) is 11.8 Å². The normalized spacial score (nSPS) is 33.0. The average Bonchev–Trinajstić information content (AvgIpc) is 1.86. The van der Waals surface area contributed by atoms with Gasteiger partial charge in [0, 0.05) is 6.54 Å². The van der Waals surface area contributed by atoms with Crippen molar-refractivity contribution in [2.45, 2.75) is 25.7 Å². The Morgan fingerprint density at radius 2 is 2.10 bits per heavy atom. The summed E-state index contributed by atoms with van der Waals surface area (Å²) < 4.78 is 0. The van der Waals surface area contributed by atoms with Crippen LogP contribution in [0.15, 0.2) is 12.3 Å². The predicted molar refractivity (Wildman–Crippen MR) is 42.6 cm³/mol. The lowest BCUT2D eigenvalue weighted by Gasteiger charge is -2.33. The molecule has 0 amide bonds. The Hall–Kier alpha value is -0.460. The topological polar surface area (TPSA) is 12.0 Å². The molecular formula is C9H15N. The van der Waals surface area contributed by atoms with Gasteiger partial charge >= 0.3 is 0 Å². The highest BCUT2D eigenvalue weighted by Crippen LogP contribution is 2.36. The van der Waals surface area contributed by atoms with Crippen LogP contribution in [0.4, 0.5) is 0 Å². The minimum Gasteiger partial charge on any atom is -0.391 e. The van der Waals surface area contributed by atoms with E-state index in [-0.39, 0.29) is 0 Å². The first-order chi connectivity index (χ1) is 4.97. The highest BCUT2D eigenvalue weighted by molar-refractivity contribution is 4.96. The summed E-state index contributed by atoms with van der Waals surface area (Å²) in [6, 6.07) is 0. The number of allylic oxidation sites excluding steroid dienone is 1. The van der Waals surface area contributed by atoms with Crippen molar-refractivity contribution >= 4 is 0 Å². The van der Waals surface area contributed by atoms with Crippen molar-refractivity contribution in [1.82, 2.24) is 5.32 Å². The first-order valence-electron chi connectivity index (χ1n) is 4.37. The zero-order chi connectivity index (χ0) is 6.81. The Labute approximate surface area is 62.5 Å². The zero-order valence-corrected chi connectivity index (χ0v) is 6.34. The molecule has 0 spiro atoms. The van der Waals surface area contributed by atoms with Gasteiger partial charge in [-0.15, -0.1) is 0 Å². The molecule has 10 heavy (non-hydrogen) atoms. The molecule has 1 unspecified atom stereocenters. The van der Waals surface area contributed by atoms with E-state index in [1.165, 1.54) is 32.2 Å². The first kappa shape index (κ1) is 6.26. The van der Waals surface area contributed by atoms with Gasteiger partial charge in [-0.05, 0) is 37.3 Å². The van der Waals surface area contributed by atoms with E-state index < -0.39 is 0 Å². The van der Waals surface area contributed by atoms with Crippen LogP contribution in [0, 0.1) is 11.8 Å². The van der Waals surface area contributed by atoms with Crippen molar-refractivity contribution in [3.8, 4) is 0 Å². The van der Waals surface area contributed by atoms with Crippen LogP contribution in [0.5, 0.6) is 0 Å². The fourth-order valence-corrected chi connectivity index (χ4v) is 1.88. The smallest absolute Gasteiger partial charge is 0.0147 e. The van der Waals surface area contributed by atoms with E-state index in [0.717, 1.165) is 11.8 Å². The molecule has 2 aliphatic rings. The Morgan fingerprint density at radius 1 is 1.20 bits per heavy atom. The van der Waals surface area contributed by atoms with Crippen molar-refractivity contribution in [2.75, 3.05) is 6.54 Å². The van der Waals surface area contributed by atoms with Crippen molar-refractivity contribution in [3.63, 3.8) is 0 Å². The molecule has 1 atom stereocenters. The largest absolute Gasteiger partial charge is 0.391 e. The van der Waals surface area contributed by atoms with Gasteiger partial charge in [0.05, 0.1) is 0 Å². The van der Waals surface area contributed by atoms with Crippen LogP contribution < -0.4 is 5.32 Å². The summed E-state index contributed by atoms with van der Waals surface area (Å²) in [4.78, 5) is 0. The quantitative estimate of drug-likeness (QED) is 0.582. The van der Waals surface area contributed by atoms with Gasteiger partial charge in [-0.3, -0.25) is 0 Å². The molecular weight excluding hydrogens is 122 g/mol. The molecule has 1 nitrogen and oxygen atoms in total. The van der Waals surface area contributed by atoms with Crippen LogP contribution in [-0.4, -0.2) is 6.54 Å². The van der Waals surface area contributed by atoms with E-state index in [4.69, 9.17) is 0 Å². The van der Waals surface area contributed by atoms with Crippen LogP contribution in [0.2, 0.25) is 0 Å². The summed E-state index contributed by atoms with van der Waals surface area (Å²) in [6.07, 6.45) is 10.3. The highest BCUT2D eigenvalue weighted by atomic mass is 14.8. The molecule has 0 radical (unpaired) electrons. The van der Waals surface area contributed by atoms with Crippen molar-refractivity contribution in [3.05, 3.63) is 12.3 Å². The van der Waals surface area contributed by atoms with Crippen LogP contribution in [0.3, 0.4) is 0 Å². The van der Waals surface area contributed by atoms with E-state index in [1.54, 1.807) is 0 Å². The number of nitrogens with one attached hydrogen (secondary N) is 1. The summed E-state index contributed by atoms with van der Waals surface area (Å²) in [5, 5.41) is 3.24. The molecule has 0 saturated heterocycles. The Balaban J connectivity index is 1.90. The van der Waals surface area contributed by atoms with Crippen molar-refractivity contribution < 1.29 is 0 Å². The molecule has 1 heteroatoms. The first-order valence-corrected chi connectivity index (χ1v) is 4.37. The van der Waals surface area contributed by atoms with Crippen molar-refractivity contribution in [1.29, 1.82) is 0 Å². The van der Waals surface area contributed by atoms with E-state index >= 15 is 0 Å². The molecule has 56 valence electrons. The average molecular weight is 137 g/mol. The molecule has 0 bridgehead atoms. The van der Waals surface area contributed by atoms with Crippen LogP contribution in [-0.2, 0) is 0 Å². The lowest BCUT2D eigenvalue weighted by molar-refractivity contribution is 0.228. The summed E-state index contributed by atoms with van der Waals surface area (Å²) in [5.41, 5.74) is 0. The minimum absolute atomic E-state index is 0.912. The molecule has 1 aliphatic carbocycles. The maximum atomic E-state index is 3.24. The highest BCUT2D eigenvalue weighted by Gasteiger charge is 2.25. The predicted octanol–water partition coefficient (Wildman–Crippen LogP) is 1.91. The molecule has 1 fully saturated rings. The lowest BCUT2D eigenvalue weighted by Crippen LogP contribution is -2.26. The maximum absolute atomic E-state index is 3.24. The molecule has 1 aliphatic heterocycles. The van der Waals surface area contributed by atoms with Gasteiger partial charge in [0.1, 0.15) is 0 Å². The SMILES string of the molecule is C1=CC(C2CCC2)CCN1. The van der Waals surface area contributed by atoms with Gasteiger partial charge in [-0.2, -0.15) is 0 Å². The van der Waals surface area contributed by atoms with E-state index in [2.05, 4.69) is 17.6 Å². The summed E-state index contributed by atoms with van der Waals surface area (Å²) in [7, 11) is 0. The number of rotatable bonds is 1. The number of hydrogen-bond donors (Lipinski definition) is 1. The third kappa shape index (κ3) is 1.05. The Morgan fingerprint density at radius 3 is 2.60 bits per heavy atom. The third-order valence-corrected chi connectivity index (χ3v) is 2.84. The van der Waals surface area contributed by atoms with Crippen LogP contribution in [0.1, 0.15) is 25.7 Å². The van der Waals surface area contributed by atoms with E-state index in [9.17, 15) is 0 Å². The number of hydrogen-bond acceptors (Lipinski definition) is 1. The summed E-state index contributed by atoms with van der Waals surface area (Å²) in [6.45, 7) is 1.19. The second kappa shape index (κ2) is 2.65. The standard InChI is InChI=1S/C9H15N/c1-2-8(3-1)9-4-6-10-7-5-9/h4,6,8-10H,1-3,5,7H2. The van der Waals surface area contributed by atoms with Gasteiger partial charge in [0.2, 0.25) is 0 Å². The molecule has 0 aromatic heterocycles. The Kier molecular flexibility index (Phi) is 1.66. The van der Waals surface area contributed by atoms with E-state index in [0.29, 0.717) is 0 Å². The van der Waals surface area contributed by atoms with Gasteiger partial charge in [0.25, 0.3) is 0 Å². The lowest BCUT2D eigenvalue weighted by atomic mass is 9.74. The second-order valence-corrected chi connectivity index (χ2v) is 3.46. The molecule has 1 heterocycles. The second-order valence-electron chi connectivity index (χ2n) is 3.46. The fourth-order valence-electron chi connectivity index (χ4n) is 1.88. The zero-order valence-electron chi connectivity index (χ0n) is 6.34. The van der Waals surface area contributed by atoms with Gasteiger partial charge in [0.15, 0.2) is 0 Å². The van der Waals surface area contributed by atoms with E-state index in [1.807, 2.05) is 0 Å². The maximum Gasteiger partial charge on any atom is 0.0147 e. The third-order valence-electron chi connectivity index (χ3n) is 2.84. The molecule has 0 aromatic carbocycles.